The van der Waals surface area contributed by atoms with Crippen molar-refractivity contribution >= 4 is 33.7 Å². The van der Waals surface area contributed by atoms with Crippen molar-refractivity contribution in [1.29, 1.82) is 5.26 Å². The van der Waals surface area contributed by atoms with E-state index >= 15 is 0 Å². The second kappa shape index (κ2) is 11.6. The minimum Gasteiger partial charge on any atom is -0.347 e. The van der Waals surface area contributed by atoms with Gasteiger partial charge in [-0.2, -0.15) is 31.6 Å². The van der Waals surface area contributed by atoms with Gasteiger partial charge < -0.3 is 5.32 Å². The number of benzene rings is 2. The van der Waals surface area contributed by atoms with Crippen LogP contribution in [0.5, 0.6) is 0 Å². The van der Waals surface area contributed by atoms with Crippen molar-refractivity contribution in [3.63, 3.8) is 0 Å². The Hall–Kier alpha value is -3.27. The number of allylic oxidation sites excluding steroid dienone is 1. The molecule has 0 fully saturated rings. The second-order valence-electron chi connectivity index (χ2n) is 7.40. The number of carbonyl (C=O) groups excluding carboxylic acids is 2. The van der Waals surface area contributed by atoms with Gasteiger partial charge in [0, 0.05) is 22.9 Å². The van der Waals surface area contributed by atoms with Gasteiger partial charge in [0.2, 0.25) is 5.91 Å². The SMILES string of the molecule is N#Cc1c(F)cc(C(/C=C/c2ccc(C(=O)CCC(=O)NCC(F)(F)F)c(Br)c2)C(F)(F)F)cc1F. The van der Waals surface area contributed by atoms with Gasteiger partial charge in [0.15, 0.2) is 5.78 Å². The van der Waals surface area contributed by atoms with Gasteiger partial charge in [-0.25, -0.2) is 8.78 Å². The van der Waals surface area contributed by atoms with Crippen LogP contribution in [0.15, 0.2) is 40.9 Å². The standard InChI is InChI=1S/C23H15BrF8N2O2/c24-17-7-12(1-3-14(17)20(35)5-6-21(36)34-11-22(27,28)29)2-4-16(23(30,31)32)13-8-18(25)15(10-33)19(26)9-13/h1-4,7-9,16H,5-6,11H2,(H,34,36)/b4-2+. The van der Waals surface area contributed by atoms with E-state index in [1.165, 1.54) is 24.3 Å². The van der Waals surface area contributed by atoms with E-state index in [-0.39, 0.29) is 15.6 Å². The first-order valence-corrected chi connectivity index (χ1v) is 10.7. The number of amides is 1. The third-order valence-electron chi connectivity index (χ3n) is 4.73. The number of hydrogen-bond acceptors (Lipinski definition) is 3. The average Bonchev–Trinajstić information content (AvgIpc) is 2.74. The highest BCUT2D eigenvalue weighted by Gasteiger charge is 2.39. The maximum absolute atomic E-state index is 13.8. The number of halogens is 9. The molecule has 192 valence electrons. The lowest BCUT2D eigenvalue weighted by Gasteiger charge is -2.18. The first kappa shape index (κ1) is 29.0. The summed E-state index contributed by atoms with van der Waals surface area (Å²) in [6, 6.07) is 5.86. The van der Waals surface area contributed by atoms with Crippen molar-refractivity contribution in [1.82, 2.24) is 5.32 Å². The van der Waals surface area contributed by atoms with Crippen LogP contribution in [0.2, 0.25) is 0 Å². The van der Waals surface area contributed by atoms with Crippen LogP contribution in [0, 0.1) is 23.0 Å². The lowest BCUT2D eigenvalue weighted by molar-refractivity contribution is -0.139. The fourth-order valence-corrected chi connectivity index (χ4v) is 3.62. The smallest absolute Gasteiger partial charge is 0.347 e. The molecule has 0 aliphatic rings. The quantitative estimate of drug-likeness (QED) is 0.281. The molecule has 0 heterocycles. The Morgan fingerprint density at radius 2 is 1.64 bits per heavy atom. The van der Waals surface area contributed by atoms with E-state index in [0.717, 1.165) is 6.08 Å². The molecule has 0 aliphatic carbocycles. The zero-order valence-electron chi connectivity index (χ0n) is 17.9. The molecule has 2 rings (SSSR count). The molecule has 36 heavy (non-hydrogen) atoms. The molecule has 0 aromatic heterocycles. The molecule has 4 nitrogen and oxygen atoms in total. The average molecular weight is 583 g/mol. The Labute approximate surface area is 207 Å². The number of Topliss-reactive ketones (excluding diaryl/α,β-unsaturated/α-hetero) is 1. The molecule has 0 saturated heterocycles. The zero-order valence-corrected chi connectivity index (χ0v) is 19.5. The molecule has 1 N–H and O–H groups in total. The largest absolute Gasteiger partial charge is 0.405 e. The molecule has 2 aromatic carbocycles. The van der Waals surface area contributed by atoms with E-state index in [9.17, 15) is 44.7 Å². The second-order valence-corrected chi connectivity index (χ2v) is 8.26. The molecule has 0 radical (unpaired) electrons. The van der Waals surface area contributed by atoms with Crippen molar-refractivity contribution < 1.29 is 44.7 Å². The molecular formula is C23H15BrF8N2O2. The Morgan fingerprint density at radius 3 is 2.14 bits per heavy atom. The number of nitrogens with zero attached hydrogens (tertiary/aromatic N) is 1. The minimum absolute atomic E-state index is 0.0411. The topological polar surface area (TPSA) is 70.0 Å². The highest BCUT2D eigenvalue weighted by molar-refractivity contribution is 9.10. The van der Waals surface area contributed by atoms with Gasteiger partial charge in [0.25, 0.3) is 0 Å². The molecule has 13 heteroatoms. The van der Waals surface area contributed by atoms with Crippen molar-refractivity contribution in [2.45, 2.75) is 31.1 Å². The Bertz CT molecular complexity index is 1190. The summed E-state index contributed by atoms with van der Waals surface area (Å²) in [6.07, 6.45) is -8.79. The summed E-state index contributed by atoms with van der Waals surface area (Å²) in [5, 5.41) is 10.3. The summed E-state index contributed by atoms with van der Waals surface area (Å²) in [5.74, 6) is -6.87. The van der Waals surface area contributed by atoms with Gasteiger partial charge in [-0.05, 0) is 35.4 Å². The summed E-state index contributed by atoms with van der Waals surface area (Å²) >= 11 is 3.08. The van der Waals surface area contributed by atoms with Crippen molar-refractivity contribution in [3.05, 3.63) is 74.8 Å². The number of alkyl halides is 6. The lowest BCUT2D eigenvalue weighted by atomic mass is 9.95. The Kier molecular flexibility index (Phi) is 9.37. The normalized spacial score (nSPS) is 12.9. The Balaban J connectivity index is 2.18. The Morgan fingerprint density at radius 1 is 1.03 bits per heavy atom. The van der Waals surface area contributed by atoms with Crippen LogP contribution in [0.25, 0.3) is 6.08 Å². The third-order valence-corrected chi connectivity index (χ3v) is 5.38. The van der Waals surface area contributed by atoms with Gasteiger partial charge in [-0.15, -0.1) is 0 Å². The lowest BCUT2D eigenvalue weighted by Crippen LogP contribution is -2.33. The molecule has 1 unspecified atom stereocenters. The first-order valence-electron chi connectivity index (χ1n) is 9.92. The van der Waals surface area contributed by atoms with Crippen LogP contribution in [-0.4, -0.2) is 30.6 Å². The molecule has 1 amide bonds. The zero-order chi connectivity index (χ0) is 27.3. The summed E-state index contributed by atoms with van der Waals surface area (Å²) < 4.78 is 105. The molecule has 0 bridgehead atoms. The molecule has 1 atom stereocenters. The van der Waals surface area contributed by atoms with Crippen molar-refractivity contribution in [3.8, 4) is 6.07 Å². The minimum atomic E-state index is -4.93. The number of nitriles is 1. The van der Waals surface area contributed by atoms with Crippen LogP contribution in [0.1, 0.15) is 45.8 Å². The van der Waals surface area contributed by atoms with Crippen LogP contribution in [-0.2, 0) is 4.79 Å². The van der Waals surface area contributed by atoms with Gasteiger partial charge in [0.05, 0.1) is 5.92 Å². The monoisotopic (exact) mass is 582 g/mol. The van der Waals surface area contributed by atoms with Crippen LogP contribution in [0.4, 0.5) is 35.1 Å². The first-order chi connectivity index (χ1) is 16.6. The number of ketones is 1. The van der Waals surface area contributed by atoms with Crippen LogP contribution in [0.3, 0.4) is 0 Å². The maximum Gasteiger partial charge on any atom is 0.405 e. The van der Waals surface area contributed by atoms with E-state index in [4.69, 9.17) is 5.26 Å². The van der Waals surface area contributed by atoms with Gasteiger partial charge >= 0.3 is 12.4 Å². The highest BCUT2D eigenvalue weighted by Crippen LogP contribution is 2.37. The third kappa shape index (κ3) is 8.15. The van der Waals surface area contributed by atoms with E-state index < -0.39 is 72.1 Å². The molecular weight excluding hydrogens is 568 g/mol. The van der Waals surface area contributed by atoms with Gasteiger partial charge in [0.1, 0.15) is 29.8 Å². The predicted molar refractivity (Wildman–Crippen MR) is 116 cm³/mol. The number of hydrogen-bond donors (Lipinski definition) is 1. The number of nitrogens with one attached hydrogen (secondary N) is 1. The molecule has 0 aliphatic heterocycles. The van der Waals surface area contributed by atoms with E-state index in [1.807, 2.05) is 0 Å². The summed E-state index contributed by atoms with van der Waals surface area (Å²) in [6.45, 7) is -1.54. The molecule has 2 aromatic rings. The number of rotatable bonds is 8. The fourth-order valence-electron chi connectivity index (χ4n) is 3.01. The van der Waals surface area contributed by atoms with E-state index in [2.05, 4.69) is 15.9 Å². The molecule has 0 saturated carbocycles. The summed E-state index contributed by atoms with van der Waals surface area (Å²) in [4.78, 5) is 23.7. The fraction of sp³-hybridized carbons (Fsp3) is 0.261. The van der Waals surface area contributed by atoms with E-state index in [0.29, 0.717) is 18.2 Å². The number of carbonyl (C=O) groups is 2. The highest BCUT2D eigenvalue weighted by atomic mass is 79.9. The summed E-state index contributed by atoms with van der Waals surface area (Å²) in [5.41, 5.74) is -1.56. The van der Waals surface area contributed by atoms with Gasteiger partial charge in [-0.1, -0.05) is 34.1 Å². The van der Waals surface area contributed by atoms with Gasteiger partial charge in [-0.3, -0.25) is 9.59 Å². The van der Waals surface area contributed by atoms with Crippen LogP contribution >= 0.6 is 15.9 Å². The van der Waals surface area contributed by atoms with Crippen molar-refractivity contribution in [2.24, 2.45) is 0 Å². The van der Waals surface area contributed by atoms with Crippen molar-refractivity contribution in [2.75, 3.05) is 6.54 Å². The van der Waals surface area contributed by atoms with E-state index in [1.54, 1.807) is 5.32 Å². The molecule has 0 spiro atoms. The van der Waals surface area contributed by atoms with Crippen LogP contribution < -0.4 is 5.32 Å². The predicted octanol–water partition coefficient (Wildman–Crippen LogP) is 6.60. The maximum atomic E-state index is 13.8. The summed E-state index contributed by atoms with van der Waals surface area (Å²) in [7, 11) is 0.